The number of nitrogens with zero attached hydrogens (tertiary/aromatic N) is 5. The lowest BCUT2D eigenvalue weighted by molar-refractivity contribution is 0.0170. The highest BCUT2D eigenvalue weighted by Crippen LogP contribution is 2.21. The summed E-state index contributed by atoms with van der Waals surface area (Å²) in [4.78, 5) is 35.5. The Balaban J connectivity index is 1.26. The molecule has 0 atom stereocenters. The van der Waals surface area contributed by atoms with Crippen molar-refractivity contribution < 1.29 is 9.53 Å². The van der Waals surface area contributed by atoms with Crippen molar-refractivity contribution in [2.45, 2.75) is 19.4 Å². The lowest BCUT2D eigenvalue weighted by atomic mass is 10.2. The van der Waals surface area contributed by atoms with Crippen molar-refractivity contribution in [2.24, 2.45) is 0 Å². The van der Waals surface area contributed by atoms with E-state index in [0.29, 0.717) is 54.1 Å². The third kappa shape index (κ3) is 5.18. The van der Waals surface area contributed by atoms with Gasteiger partial charge in [0.05, 0.1) is 5.56 Å². The van der Waals surface area contributed by atoms with Crippen molar-refractivity contribution in [3.8, 4) is 11.5 Å². The average Bonchev–Trinajstić information content (AvgIpc) is 3.25. The van der Waals surface area contributed by atoms with E-state index in [4.69, 9.17) is 4.74 Å². The first kappa shape index (κ1) is 21.1. The van der Waals surface area contributed by atoms with E-state index in [1.54, 1.807) is 24.5 Å². The van der Waals surface area contributed by atoms with Gasteiger partial charge in [-0.3, -0.25) is 0 Å². The fraction of sp³-hybridized carbons (Fsp3) is 0.217. The van der Waals surface area contributed by atoms with Crippen LogP contribution in [0.25, 0.3) is 11.5 Å². The molecule has 1 fully saturated rings. The Morgan fingerprint density at radius 3 is 2.73 bits per heavy atom. The summed E-state index contributed by atoms with van der Waals surface area (Å²) >= 11 is 1.49. The number of nitrogens with one attached hydrogen (secondary N) is 2. The van der Waals surface area contributed by atoms with Crippen LogP contribution in [-0.2, 0) is 11.2 Å². The van der Waals surface area contributed by atoms with Gasteiger partial charge in [-0.15, -0.1) is 11.3 Å². The van der Waals surface area contributed by atoms with Gasteiger partial charge in [0.2, 0.25) is 0 Å². The summed E-state index contributed by atoms with van der Waals surface area (Å²) in [5, 5.41) is 8.10. The highest BCUT2D eigenvalue weighted by atomic mass is 32.1. The van der Waals surface area contributed by atoms with Crippen molar-refractivity contribution in [2.75, 3.05) is 18.4 Å². The van der Waals surface area contributed by atoms with E-state index in [0.717, 1.165) is 10.6 Å². The van der Waals surface area contributed by atoms with E-state index in [1.165, 1.54) is 11.3 Å². The summed E-state index contributed by atoms with van der Waals surface area (Å²) in [6.07, 6.45) is 3.86. The minimum absolute atomic E-state index is 0.0315. The molecule has 9 nitrogen and oxygen atoms in total. The first-order valence-corrected chi connectivity index (χ1v) is 11.4. The van der Waals surface area contributed by atoms with Crippen LogP contribution in [0.1, 0.15) is 26.8 Å². The fourth-order valence-corrected chi connectivity index (χ4v) is 4.06. The lowest BCUT2D eigenvalue weighted by Crippen LogP contribution is -2.49. The third-order valence-corrected chi connectivity index (χ3v) is 5.91. The van der Waals surface area contributed by atoms with Gasteiger partial charge in [0.25, 0.3) is 0 Å². The number of thiophene rings is 1. The monoisotopic (exact) mass is 459 g/mol. The summed E-state index contributed by atoms with van der Waals surface area (Å²) in [5.41, 5.74) is 2.18. The summed E-state index contributed by atoms with van der Waals surface area (Å²) < 4.78 is 5.42. The molecule has 0 aliphatic carbocycles. The number of esters is 1. The predicted molar refractivity (Wildman–Crippen MR) is 125 cm³/mol. The summed E-state index contributed by atoms with van der Waals surface area (Å²) in [6, 6.07) is 11.1. The first-order valence-electron chi connectivity index (χ1n) is 10.5. The molecule has 0 saturated carbocycles. The molecule has 1 saturated heterocycles. The number of ether oxygens (including phenoxy) is 1. The summed E-state index contributed by atoms with van der Waals surface area (Å²) in [7, 11) is 0. The molecule has 33 heavy (non-hydrogen) atoms. The maximum Gasteiger partial charge on any atom is 0.339 e. The molecule has 5 heterocycles. The molecule has 4 aromatic heterocycles. The third-order valence-electron chi connectivity index (χ3n) is 4.97. The molecule has 5 rings (SSSR count). The van der Waals surface area contributed by atoms with E-state index in [9.17, 15) is 4.79 Å². The largest absolute Gasteiger partial charge is 0.456 e. The van der Waals surface area contributed by atoms with Crippen molar-refractivity contribution >= 4 is 28.9 Å². The molecule has 1 aliphatic heterocycles. The van der Waals surface area contributed by atoms with Gasteiger partial charge in [-0.05, 0) is 37.3 Å². The van der Waals surface area contributed by atoms with Crippen molar-refractivity contribution in [3.05, 3.63) is 76.1 Å². The molecular weight excluding hydrogens is 438 g/mol. The Morgan fingerprint density at radius 1 is 1.12 bits per heavy atom. The number of carbonyl (C=O) groups is 1. The second-order valence-electron chi connectivity index (χ2n) is 7.58. The molecule has 1 aliphatic rings. The van der Waals surface area contributed by atoms with E-state index in [2.05, 4.69) is 35.6 Å². The maximum atomic E-state index is 12.2. The van der Waals surface area contributed by atoms with E-state index in [-0.39, 0.29) is 12.1 Å². The normalized spacial score (nSPS) is 13.4. The topological polar surface area (TPSA) is 115 Å². The zero-order valence-corrected chi connectivity index (χ0v) is 18.7. The number of carbonyl (C=O) groups excluding carboxylic acids is 1. The van der Waals surface area contributed by atoms with Crippen LogP contribution in [0.15, 0.2) is 54.2 Å². The van der Waals surface area contributed by atoms with Gasteiger partial charge in [-0.25, -0.2) is 29.7 Å². The Morgan fingerprint density at radius 2 is 1.94 bits per heavy atom. The molecule has 0 bridgehead atoms. The van der Waals surface area contributed by atoms with Gasteiger partial charge in [0.1, 0.15) is 29.3 Å². The molecule has 0 radical (unpaired) electrons. The van der Waals surface area contributed by atoms with Crippen LogP contribution in [-0.4, -0.2) is 50.1 Å². The Bertz CT molecular complexity index is 1290. The zero-order chi connectivity index (χ0) is 22.6. The van der Waals surface area contributed by atoms with Crippen LogP contribution in [0.3, 0.4) is 0 Å². The molecule has 0 unspecified atom stereocenters. The number of hydrogen-bond donors (Lipinski definition) is 2. The van der Waals surface area contributed by atoms with E-state index in [1.807, 2.05) is 36.6 Å². The van der Waals surface area contributed by atoms with Gasteiger partial charge >= 0.3 is 5.97 Å². The Labute approximate surface area is 194 Å². The number of hydrogen-bond acceptors (Lipinski definition) is 10. The van der Waals surface area contributed by atoms with Crippen molar-refractivity contribution in [3.63, 3.8) is 0 Å². The SMILES string of the molecule is Cc1cccc(-c2nccc(Nc3ccnc(Cc4cc(C(=O)OC5CNC5)cs4)n3)n2)n1. The number of aryl methyl sites for hydroxylation is 1. The van der Waals surface area contributed by atoms with Crippen LogP contribution in [0.5, 0.6) is 0 Å². The van der Waals surface area contributed by atoms with Gasteiger partial charge in [-0.2, -0.15) is 0 Å². The lowest BCUT2D eigenvalue weighted by Gasteiger charge is -2.26. The molecule has 0 amide bonds. The second-order valence-corrected chi connectivity index (χ2v) is 8.57. The molecular formula is C23H21N7O2S. The molecule has 10 heteroatoms. The highest BCUT2D eigenvalue weighted by molar-refractivity contribution is 7.10. The smallest absolute Gasteiger partial charge is 0.339 e. The molecule has 0 aromatic carbocycles. The van der Waals surface area contributed by atoms with Crippen LogP contribution in [0.4, 0.5) is 11.6 Å². The first-order chi connectivity index (χ1) is 16.1. The number of rotatable bonds is 7. The maximum absolute atomic E-state index is 12.2. The zero-order valence-electron chi connectivity index (χ0n) is 17.9. The van der Waals surface area contributed by atoms with Crippen molar-refractivity contribution in [1.82, 2.24) is 30.2 Å². The Hall–Kier alpha value is -3.76. The number of anilines is 2. The van der Waals surface area contributed by atoms with Gasteiger partial charge in [-0.1, -0.05) is 6.07 Å². The van der Waals surface area contributed by atoms with Crippen LogP contribution < -0.4 is 10.6 Å². The quantitative estimate of drug-likeness (QED) is 0.402. The van der Waals surface area contributed by atoms with E-state index >= 15 is 0 Å². The standard InChI is InChI=1S/C23H21N7O2S/c1-14-3-2-4-18(27-14)22-26-8-6-20(30-22)28-19-5-7-25-21(29-19)10-17-9-15(13-33-17)23(31)32-16-11-24-12-16/h2-9,13,16,24H,10-12H2,1H3,(H,25,26,28,29,30). The summed E-state index contributed by atoms with van der Waals surface area (Å²) in [5.74, 6) is 2.12. The highest BCUT2D eigenvalue weighted by Gasteiger charge is 2.22. The second kappa shape index (κ2) is 9.39. The number of aromatic nitrogens is 5. The number of pyridine rings is 1. The van der Waals surface area contributed by atoms with Gasteiger partial charge in [0.15, 0.2) is 5.82 Å². The van der Waals surface area contributed by atoms with E-state index < -0.39 is 0 Å². The average molecular weight is 460 g/mol. The van der Waals surface area contributed by atoms with Gasteiger partial charge in [0, 0.05) is 47.9 Å². The predicted octanol–water partition coefficient (Wildman–Crippen LogP) is 3.16. The molecule has 4 aromatic rings. The molecule has 2 N–H and O–H groups in total. The fourth-order valence-electron chi connectivity index (χ4n) is 3.21. The Kier molecular flexibility index (Phi) is 6.01. The minimum Gasteiger partial charge on any atom is -0.456 e. The van der Waals surface area contributed by atoms with Crippen molar-refractivity contribution in [1.29, 1.82) is 0 Å². The van der Waals surface area contributed by atoms with Crippen LogP contribution in [0.2, 0.25) is 0 Å². The molecule has 166 valence electrons. The summed E-state index contributed by atoms with van der Waals surface area (Å²) in [6.45, 7) is 3.36. The van der Waals surface area contributed by atoms with Gasteiger partial charge < -0.3 is 15.4 Å². The van der Waals surface area contributed by atoms with Crippen LogP contribution in [0, 0.1) is 6.92 Å². The van der Waals surface area contributed by atoms with Crippen LogP contribution >= 0.6 is 11.3 Å². The molecule has 0 spiro atoms. The minimum atomic E-state index is -0.289.